The minimum Gasteiger partial charge on any atom is -0.489 e. The summed E-state index contributed by atoms with van der Waals surface area (Å²) in [6, 6.07) is 8.25. The van der Waals surface area contributed by atoms with Crippen LogP contribution >= 0.6 is 23.2 Å². The number of ether oxygens (including phenoxy) is 1. The normalized spacial score (nSPS) is 13.8. The Balaban J connectivity index is 1.55. The fourth-order valence-electron chi connectivity index (χ4n) is 3.20. The average molecular weight is 388 g/mol. The molecular formula is C20H19Cl2N3O. The van der Waals surface area contributed by atoms with Crippen molar-refractivity contribution in [3.05, 3.63) is 58.4 Å². The Kier molecular flexibility index (Phi) is 4.63. The standard InChI is InChI=1S/C20H19Cl2N3O/c1-12(2)25-20-17(19(22)24-25)8-13(10-23-20)11-26-15-6-7-16-14(9-15)4-3-5-18(16)21/h5-10,12H,3-4,11H2,1-2H3. The summed E-state index contributed by atoms with van der Waals surface area (Å²) in [5.74, 6) is 0.833. The molecule has 0 amide bonds. The summed E-state index contributed by atoms with van der Waals surface area (Å²) in [4.78, 5) is 4.53. The molecule has 3 aromatic rings. The molecule has 0 saturated heterocycles. The van der Waals surface area contributed by atoms with Crippen molar-refractivity contribution in [2.24, 2.45) is 0 Å². The van der Waals surface area contributed by atoms with E-state index in [1.165, 1.54) is 5.56 Å². The van der Waals surface area contributed by atoms with Crippen molar-refractivity contribution in [3.63, 3.8) is 0 Å². The minimum atomic E-state index is 0.205. The number of nitrogens with zero attached hydrogens (tertiary/aromatic N) is 3. The van der Waals surface area contributed by atoms with E-state index < -0.39 is 0 Å². The molecule has 0 spiro atoms. The van der Waals surface area contributed by atoms with Gasteiger partial charge >= 0.3 is 0 Å². The zero-order valence-corrected chi connectivity index (χ0v) is 16.2. The van der Waals surface area contributed by atoms with Crippen LogP contribution in [0.4, 0.5) is 0 Å². The van der Waals surface area contributed by atoms with E-state index in [2.05, 4.69) is 36.1 Å². The van der Waals surface area contributed by atoms with Gasteiger partial charge in [-0.2, -0.15) is 5.10 Å². The molecule has 0 radical (unpaired) electrons. The zero-order chi connectivity index (χ0) is 18.3. The van der Waals surface area contributed by atoms with Crippen LogP contribution in [0.3, 0.4) is 0 Å². The maximum atomic E-state index is 6.27. The summed E-state index contributed by atoms with van der Waals surface area (Å²) >= 11 is 12.5. The smallest absolute Gasteiger partial charge is 0.160 e. The van der Waals surface area contributed by atoms with Gasteiger partial charge in [0.25, 0.3) is 0 Å². The van der Waals surface area contributed by atoms with E-state index >= 15 is 0 Å². The van der Waals surface area contributed by atoms with Crippen LogP contribution in [-0.4, -0.2) is 14.8 Å². The highest BCUT2D eigenvalue weighted by Gasteiger charge is 2.14. The molecule has 0 bridgehead atoms. The Morgan fingerprint density at radius 1 is 1.23 bits per heavy atom. The molecule has 2 aromatic heterocycles. The molecule has 4 rings (SSSR count). The van der Waals surface area contributed by atoms with Crippen LogP contribution in [0.2, 0.25) is 5.15 Å². The van der Waals surface area contributed by atoms with Gasteiger partial charge < -0.3 is 4.74 Å². The summed E-state index contributed by atoms with van der Waals surface area (Å²) < 4.78 is 7.80. The number of fused-ring (bicyclic) bond motifs is 2. The number of pyridine rings is 1. The first-order chi connectivity index (χ1) is 12.5. The summed E-state index contributed by atoms with van der Waals surface area (Å²) in [5, 5.41) is 6.51. The highest BCUT2D eigenvalue weighted by molar-refractivity contribution is 6.49. The van der Waals surface area contributed by atoms with Gasteiger partial charge in [-0.1, -0.05) is 29.3 Å². The molecule has 6 heteroatoms. The first-order valence-corrected chi connectivity index (χ1v) is 9.43. The van der Waals surface area contributed by atoms with E-state index in [-0.39, 0.29) is 6.04 Å². The first kappa shape index (κ1) is 17.4. The van der Waals surface area contributed by atoms with Gasteiger partial charge in [0.05, 0.1) is 5.39 Å². The van der Waals surface area contributed by atoms with Crippen LogP contribution in [0, 0.1) is 0 Å². The number of aryl methyl sites for hydroxylation is 1. The molecule has 0 unspecified atom stereocenters. The molecule has 0 fully saturated rings. The van der Waals surface area contributed by atoms with Crippen molar-refractivity contribution < 1.29 is 4.74 Å². The first-order valence-electron chi connectivity index (χ1n) is 8.67. The topological polar surface area (TPSA) is 39.9 Å². The van der Waals surface area contributed by atoms with Crippen molar-refractivity contribution in [2.75, 3.05) is 0 Å². The molecule has 0 atom stereocenters. The molecule has 1 aliphatic carbocycles. The van der Waals surface area contributed by atoms with E-state index in [4.69, 9.17) is 27.9 Å². The fraction of sp³-hybridized carbons (Fsp3) is 0.300. The minimum absolute atomic E-state index is 0.205. The second-order valence-corrected chi connectivity index (χ2v) is 7.51. The molecule has 26 heavy (non-hydrogen) atoms. The van der Waals surface area contributed by atoms with Crippen LogP contribution < -0.4 is 4.74 Å². The predicted octanol–water partition coefficient (Wildman–Crippen LogP) is 5.77. The molecule has 0 saturated carbocycles. The van der Waals surface area contributed by atoms with E-state index in [0.717, 1.165) is 45.8 Å². The number of allylic oxidation sites excluding steroid dienone is 1. The van der Waals surface area contributed by atoms with Crippen LogP contribution in [0.15, 0.2) is 36.5 Å². The molecule has 0 N–H and O–H groups in total. The second kappa shape index (κ2) is 6.93. The van der Waals surface area contributed by atoms with Gasteiger partial charge in [-0.3, -0.25) is 0 Å². The molecule has 134 valence electrons. The summed E-state index contributed by atoms with van der Waals surface area (Å²) in [6.07, 6.45) is 5.83. The molecule has 4 nitrogen and oxygen atoms in total. The van der Waals surface area contributed by atoms with Crippen molar-refractivity contribution >= 4 is 39.3 Å². The zero-order valence-electron chi connectivity index (χ0n) is 14.7. The predicted molar refractivity (Wildman–Crippen MR) is 106 cm³/mol. The maximum absolute atomic E-state index is 6.27. The lowest BCUT2D eigenvalue weighted by Gasteiger charge is -2.15. The summed E-state index contributed by atoms with van der Waals surface area (Å²) in [5.41, 5.74) is 4.08. The van der Waals surface area contributed by atoms with Gasteiger partial charge in [0.2, 0.25) is 0 Å². The number of halogens is 2. The molecule has 1 aromatic carbocycles. The van der Waals surface area contributed by atoms with Gasteiger partial charge in [0.15, 0.2) is 10.8 Å². The number of rotatable bonds is 4. The van der Waals surface area contributed by atoms with E-state index in [0.29, 0.717) is 11.8 Å². The number of hydrogen-bond donors (Lipinski definition) is 0. The Labute approximate surface area is 162 Å². The van der Waals surface area contributed by atoms with Crippen molar-refractivity contribution in [2.45, 2.75) is 39.3 Å². The van der Waals surface area contributed by atoms with Crippen LogP contribution in [0.25, 0.3) is 16.1 Å². The van der Waals surface area contributed by atoms with Crippen LogP contribution in [0.5, 0.6) is 5.75 Å². The molecule has 1 aliphatic rings. The molecular weight excluding hydrogens is 369 g/mol. The van der Waals surface area contributed by atoms with Gasteiger partial charge in [0, 0.05) is 22.8 Å². The quantitative estimate of drug-likeness (QED) is 0.570. The van der Waals surface area contributed by atoms with Crippen molar-refractivity contribution in [3.8, 4) is 5.75 Å². The molecule has 0 aliphatic heterocycles. The lowest BCUT2D eigenvalue weighted by Crippen LogP contribution is -2.04. The third-order valence-electron chi connectivity index (χ3n) is 4.52. The van der Waals surface area contributed by atoms with E-state index in [1.54, 1.807) is 0 Å². The maximum Gasteiger partial charge on any atom is 0.160 e. The third kappa shape index (κ3) is 3.19. The van der Waals surface area contributed by atoms with Crippen LogP contribution in [0.1, 0.15) is 43.0 Å². The number of hydrogen-bond acceptors (Lipinski definition) is 3. The number of aromatic nitrogens is 3. The lowest BCUT2D eigenvalue weighted by atomic mass is 9.97. The second-order valence-electron chi connectivity index (χ2n) is 6.74. The Morgan fingerprint density at radius 3 is 2.88 bits per heavy atom. The highest BCUT2D eigenvalue weighted by Crippen LogP contribution is 2.32. The SMILES string of the molecule is CC(C)n1nc(Cl)c2cc(COc3ccc4c(c3)CCC=C4Cl)cnc21. The van der Waals surface area contributed by atoms with Gasteiger partial charge in [0.1, 0.15) is 12.4 Å². The lowest BCUT2D eigenvalue weighted by molar-refractivity contribution is 0.305. The van der Waals surface area contributed by atoms with E-state index in [1.807, 2.05) is 29.1 Å². The van der Waals surface area contributed by atoms with Crippen molar-refractivity contribution in [1.29, 1.82) is 0 Å². The van der Waals surface area contributed by atoms with Gasteiger partial charge in [-0.25, -0.2) is 9.67 Å². The summed E-state index contributed by atoms with van der Waals surface area (Å²) in [6.45, 7) is 4.53. The van der Waals surface area contributed by atoms with Crippen LogP contribution in [-0.2, 0) is 13.0 Å². The van der Waals surface area contributed by atoms with Crippen molar-refractivity contribution in [1.82, 2.24) is 14.8 Å². The van der Waals surface area contributed by atoms with Gasteiger partial charge in [-0.15, -0.1) is 0 Å². The number of benzene rings is 1. The molecule has 2 heterocycles. The summed E-state index contributed by atoms with van der Waals surface area (Å²) in [7, 11) is 0. The van der Waals surface area contributed by atoms with E-state index in [9.17, 15) is 0 Å². The fourth-order valence-corrected chi connectivity index (χ4v) is 3.71. The average Bonchev–Trinajstić information content (AvgIpc) is 2.97. The third-order valence-corrected chi connectivity index (χ3v) is 5.16. The van der Waals surface area contributed by atoms with Gasteiger partial charge in [-0.05, 0) is 62.1 Å². The largest absolute Gasteiger partial charge is 0.489 e. The highest BCUT2D eigenvalue weighted by atomic mass is 35.5. The Hall–Kier alpha value is -2.04. The monoisotopic (exact) mass is 387 g/mol. The Bertz CT molecular complexity index is 1010. The Morgan fingerprint density at radius 2 is 2.08 bits per heavy atom.